The Bertz CT molecular complexity index is 559. The molecule has 0 bridgehead atoms. The van der Waals surface area contributed by atoms with Crippen molar-refractivity contribution in [1.82, 2.24) is 0 Å². The van der Waals surface area contributed by atoms with Crippen molar-refractivity contribution in [2.45, 2.75) is 116 Å². The molecule has 1 heterocycles. The zero-order chi connectivity index (χ0) is 23.3. The lowest BCUT2D eigenvalue weighted by Gasteiger charge is -2.32. The highest BCUT2D eigenvalue weighted by Gasteiger charge is 2.34. The molecular formula is C27H49N3O2. The molecule has 5 heteroatoms. The van der Waals surface area contributed by atoms with E-state index in [4.69, 9.17) is 5.73 Å². The monoisotopic (exact) mass is 447 g/mol. The molecule has 0 aromatic heterocycles. The molecule has 5 nitrogen and oxygen atoms in total. The molecule has 0 radical (unpaired) electrons. The Morgan fingerprint density at radius 3 is 1.78 bits per heavy atom. The van der Waals surface area contributed by atoms with Crippen molar-refractivity contribution >= 4 is 11.8 Å². The van der Waals surface area contributed by atoms with E-state index in [1.165, 1.54) is 103 Å². The fourth-order valence-corrected chi connectivity index (χ4v) is 4.67. The molecule has 0 aromatic rings. The first-order valence-electron chi connectivity index (χ1n) is 13.3. The quantitative estimate of drug-likeness (QED) is 0.126. The molecule has 1 atom stereocenters. The van der Waals surface area contributed by atoms with Crippen molar-refractivity contribution in [3.05, 3.63) is 25.1 Å². The van der Waals surface area contributed by atoms with E-state index in [1.807, 2.05) is 12.3 Å². The number of aliphatic imine (C=N–C) groups is 1. The van der Waals surface area contributed by atoms with Crippen molar-refractivity contribution in [1.29, 1.82) is 0 Å². The van der Waals surface area contributed by atoms with Crippen molar-refractivity contribution < 1.29 is 14.4 Å². The van der Waals surface area contributed by atoms with E-state index in [0.29, 0.717) is 13.1 Å². The highest BCUT2D eigenvalue weighted by Crippen LogP contribution is 2.21. The number of carboxylic acids is 1. The van der Waals surface area contributed by atoms with Crippen LogP contribution in [0.5, 0.6) is 0 Å². The number of allylic oxidation sites excluding steroid dienone is 1. The molecule has 0 saturated carbocycles. The van der Waals surface area contributed by atoms with Crippen molar-refractivity contribution in [2.75, 3.05) is 19.6 Å². The molecule has 32 heavy (non-hydrogen) atoms. The fraction of sp³-hybridized carbons (Fsp3) is 0.778. The van der Waals surface area contributed by atoms with E-state index < -0.39 is 5.97 Å². The number of quaternary nitrogens is 1. The van der Waals surface area contributed by atoms with Crippen molar-refractivity contribution in [3.63, 3.8) is 0 Å². The van der Waals surface area contributed by atoms with Crippen LogP contribution in [0.1, 0.15) is 116 Å². The van der Waals surface area contributed by atoms with Gasteiger partial charge < -0.3 is 15.6 Å². The summed E-state index contributed by atoms with van der Waals surface area (Å²) in [5, 5.41) is 11.2. The van der Waals surface area contributed by atoms with Gasteiger partial charge >= 0.3 is 0 Å². The number of hydrogen-bond donors (Lipinski definition) is 1. The maximum absolute atomic E-state index is 11.2. The third-order valence-electron chi connectivity index (χ3n) is 6.59. The van der Waals surface area contributed by atoms with Gasteiger partial charge in [0.2, 0.25) is 5.84 Å². The lowest BCUT2D eigenvalue weighted by molar-refractivity contribution is -0.780. The van der Waals surface area contributed by atoms with Crippen LogP contribution in [0.15, 0.2) is 30.0 Å². The van der Waals surface area contributed by atoms with E-state index in [0.717, 1.165) is 18.7 Å². The van der Waals surface area contributed by atoms with Gasteiger partial charge in [0.1, 0.15) is 19.3 Å². The maximum atomic E-state index is 11.2. The first kappa shape index (κ1) is 28.6. The second kappa shape index (κ2) is 19.0. The van der Waals surface area contributed by atoms with Gasteiger partial charge in [-0.2, -0.15) is 0 Å². The Balaban J connectivity index is 1.91. The molecule has 0 fully saturated rings. The summed E-state index contributed by atoms with van der Waals surface area (Å²) in [5.74, 6) is -0.125. The van der Waals surface area contributed by atoms with E-state index in [1.54, 1.807) is 6.20 Å². The Hall–Kier alpha value is -1.46. The number of hydrogen-bond acceptors (Lipinski definition) is 4. The summed E-state index contributed by atoms with van der Waals surface area (Å²) >= 11 is 0. The smallest absolute Gasteiger partial charge is 0.207 e. The molecule has 0 amide bonds. The Labute approximate surface area is 197 Å². The maximum Gasteiger partial charge on any atom is 0.207 e. The standard InChI is InChI=1S/C27H49N3O2/c1-2-3-4-5-6-7-8-9-10-11-12-13-14-15-16-17-18-19-20-26-29-22-24-30(26,23-21-28)25-27(31)32/h2,22,24H,1,3-21,23,25,28H2. The minimum Gasteiger partial charge on any atom is -0.544 e. The molecule has 1 rings (SSSR count). The summed E-state index contributed by atoms with van der Waals surface area (Å²) in [5.41, 5.74) is 5.71. The third-order valence-corrected chi connectivity index (χ3v) is 6.59. The Morgan fingerprint density at radius 2 is 1.34 bits per heavy atom. The fourth-order valence-electron chi connectivity index (χ4n) is 4.67. The molecular weight excluding hydrogens is 398 g/mol. The van der Waals surface area contributed by atoms with Crippen molar-refractivity contribution in [2.24, 2.45) is 10.7 Å². The normalized spacial score (nSPS) is 17.6. The summed E-state index contributed by atoms with van der Waals surface area (Å²) in [6, 6.07) is 0. The van der Waals surface area contributed by atoms with Crippen molar-refractivity contribution in [3.8, 4) is 0 Å². The van der Waals surface area contributed by atoms with Crippen LogP contribution in [0.4, 0.5) is 0 Å². The molecule has 184 valence electrons. The molecule has 0 aliphatic carbocycles. The Kier molecular flexibility index (Phi) is 17.0. The van der Waals surface area contributed by atoms with E-state index in [2.05, 4.69) is 11.6 Å². The molecule has 0 aromatic carbocycles. The highest BCUT2D eigenvalue weighted by molar-refractivity contribution is 5.80. The largest absolute Gasteiger partial charge is 0.544 e. The van der Waals surface area contributed by atoms with Gasteiger partial charge in [0, 0.05) is 13.0 Å². The van der Waals surface area contributed by atoms with Gasteiger partial charge in [0.05, 0.1) is 12.2 Å². The van der Waals surface area contributed by atoms with Gasteiger partial charge in [0.15, 0.2) is 0 Å². The average molecular weight is 448 g/mol. The predicted molar refractivity (Wildman–Crippen MR) is 134 cm³/mol. The zero-order valence-electron chi connectivity index (χ0n) is 20.6. The van der Waals surface area contributed by atoms with E-state index in [9.17, 15) is 9.90 Å². The average Bonchev–Trinajstić information content (AvgIpc) is 3.14. The van der Waals surface area contributed by atoms with Gasteiger partial charge in [-0.15, -0.1) is 6.58 Å². The summed E-state index contributed by atoms with van der Waals surface area (Å²) in [4.78, 5) is 15.6. The van der Waals surface area contributed by atoms with Crippen LogP contribution in [0.2, 0.25) is 0 Å². The number of unbranched alkanes of at least 4 members (excludes halogenated alkanes) is 16. The Morgan fingerprint density at radius 1 is 0.875 bits per heavy atom. The molecule has 0 spiro atoms. The lowest BCUT2D eigenvalue weighted by Crippen LogP contribution is -2.55. The minimum absolute atomic E-state index is 0.0668. The number of nitrogens with two attached hydrogens (primary N) is 1. The summed E-state index contributed by atoms with van der Waals surface area (Å²) < 4.78 is 0.245. The second-order valence-electron chi connectivity index (χ2n) is 9.40. The van der Waals surface area contributed by atoms with Crippen LogP contribution in [-0.4, -0.2) is 35.9 Å². The summed E-state index contributed by atoms with van der Waals surface area (Å²) in [6.45, 7) is 4.71. The molecule has 1 unspecified atom stereocenters. The minimum atomic E-state index is -1.05. The first-order chi connectivity index (χ1) is 15.6. The van der Waals surface area contributed by atoms with Gasteiger partial charge in [-0.25, -0.2) is 9.48 Å². The van der Waals surface area contributed by atoms with Gasteiger partial charge in [0.25, 0.3) is 0 Å². The van der Waals surface area contributed by atoms with Crippen LogP contribution in [0.25, 0.3) is 0 Å². The molecule has 2 N–H and O–H groups in total. The van der Waals surface area contributed by atoms with E-state index in [-0.39, 0.29) is 11.0 Å². The number of carbonyl (C=O) groups is 1. The summed E-state index contributed by atoms with van der Waals surface area (Å²) in [7, 11) is 0. The van der Waals surface area contributed by atoms with E-state index >= 15 is 0 Å². The highest BCUT2D eigenvalue weighted by atomic mass is 16.4. The van der Waals surface area contributed by atoms with Crippen LogP contribution >= 0.6 is 0 Å². The van der Waals surface area contributed by atoms with Crippen LogP contribution in [0, 0.1) is 0 Å². The third kappa shape index (κ3) is 13.2. The number of carboxylic acid groups (broad SMARTS) is 1. The number of nitrogens with zero attached hydrogens (tertiary/aromatic N) is 2. The molecule has 1 aliphatic rings. The van der Waals surface area contributed by atoms with Gasteiger partial charge in [-0.05, 0) is 19.3 Å². The first-order valence-corrected chi connectivity index (χ1v) is 13.3. The molecule has 0 saturated heterocycles. The number of amidine groups is 1. The molecule has 1 aliphatic heterocycles. The SMILES string of the molecule is C=CCCCCCCCCCCCCCCCCCCC1=NC=C[N+]1(CCN)CC(=O)[O-]. The second-order valence-corrected chi connectivity index (χ2v) is 9.40. The van der Waals surface area contributed by atoms with Gasteiger partial charge in [-0.1, -0.05) is 96.0 Å². The summed E-state index contributed by atoms with van der Waals surface area (Å²) in [6.07, 6.45) is 29.0. The van der Waals surface area contributed by atoms with Crippen LogP contribution < -0.4 is 10.8 Å². The van der Waals surface area contributed by atoms with Crippen LogP contribution in [-0.2, 0) is 4.79 Å². The van der Waals surface area contributed by atoms with Gasteiger partial charge in [-0.3, -0.25) is 0 Å². The lowest BCUT2D eigenvalue weighted by atomic mass is 10.0. The predicted octanol–water partition coefficient (Wildman–Crippen LogP) is 5.60. The topological polar surface area (TPSA) is 78.5 Å². The number of carbonyl (C=O) groups excluding carboxylic acids is 1. The zero-order valence-corrected chi connectivity index (χ0v) is 20.6. The number of aliphatic carboxylic acids is 1. The van der Waals surface area contributed by atoms with Crippen LogP contribution in [0.3, 0.4) is 0 Å². The number of rotatable bonds is 23.